The fourth-order valence-corrected chi connectivity index (χ4v) is 4.92. The molecule has 1 aromatic rings. The lowest BCUT2D eigenvalue weighted by molar-refractivity contribution is 0.122. The van der Waals surface area contributed by atoms with Gasteiger partial charge in [0.1, 0.15) is 0 Å². The molecule has 2 aliphatic carbocycles. The van der Waals surface area contributed by atoms with Gasteiger partial charge in [0.2, 0.25) is 5.82 Å². The summed E-state index contributed by atoms with van der Waals surface area (Å²) >= 11 is 0. The normalized spacial score (nSPS) is 27.2. The van der Waals surface area contributed by atoms with Crippen molar-refractivity contribution in [3.8, 4) is 5.75 Å². The molecule has 1 aromatic carbocycles. The van der Waals surface area contributed by atoms with Crippen LogP contribution in [0.1, 0.15) is 83.6 Å². The predicted molar refractivity (Wildman–Crippen MR) is 98.0 cm³/mol. The van der Waals surface area contributed by atoms with Crippen molar-refractivity contribution in [2.45, 2.75) is 78.1 Å². The van der Waals surface area contributed by atoms with Crippen molar-refractivity contribution >= 4 is 0 Å². The van der Waals surface area contributed by atoms with Crippen molar-refractivity contribution in [2.24, 2.45) is 17.3 Å². The summed E-state index contributed by atoms with van der Waals surface area (Å²) in [5, 5.41) is 0. The van der Waals surface area contributed by atoms with Crippen molar-refractivity contribution in [3.05, 3.63) is 29.3 Å². The fourth-order valence-electron chi connectivity index (χ4n) is 4.92. The molecule has 140 valence electrons. The van der Waals surface area contributed by atoms with Crippen molar-refractivity contribution in [2.75, 3.05) is 6.61 Å². The molecular formula is C22H32F2O. The molecule has 2 aliphatic rings. The minimum absolute atomic E-state index is 0.0299. The van der Waals surface area contributed by atoms with Crippen molar-refractivity contribution in [1.29, 1.82) is 0 Å². The molecule has 0 unspecified atom stereocenters. The lowest BCUT2D eigenvalue weighted by atomic mass is 9.65. The topological polar surface area (TPSA) is 9.23 Å². The zero-order valence-corrected chi connectivity index (χ0v) is 15.9. The molecule has 0 heterocycles. The second kappa shape index (κ2) is 7.63. The zero-order chi connectivity index (χ0) is 18.0. The van der Waals surface area contributed by atoms with E-state index in [1.54, 1.807) is 19.1 Å². The molecule has 0 aliphatic heterocycles. The van der Waals surface area contributed by atoms with E-state index in [1.807, 2.05) is 0 Å². The highest BCUT2D eigenvalue weighted by Gasteiger charge is 2.34. The van der Waals surface area contributed by atoms with Crippen LogP contribution in [0.2, 0.25) is 0 Å². The van der Waals surface area contributed by atoms with Crippen molar-refractivity contribution in [3.63, 3.8) is 0 Å². The van der Waals surface area contributed by atoms with Crippen LogP contribution in [0.4, 0.5) is 8.78 Å². The first kappa shape index (κ1) is 18.7. The Labute approximate surface area is 151 Å². The molecule has 1 nitrogen and oxygen atoms in total. The number of rotatable bonds is 4. The third kappa shape index (κ3) is 4.17. The van der Waals surface area contributed by atoms with Crippen molar-refractivity contribution in [1.82, 2.24) is 0 Å². The van der Waals surface area contributed by atoms with Crippen LogP contribution in [0.5, 0.6) is 5.75 Å². The van der Waals surface area contributed by atoms with Crippen LogP contribution in [-0.4, -0.2) is 6.61 Å². The number of ether oxygens (including phenoxy) is 1. The Balaban J connectivity index is 1.60. The van der Waals surface area contributed by atoms with E-state index >= 15 is 0 Å². The maximum atomic E-state index is 14.5. The van der Waals surface area contributed by atoms with Gasteiger partial charge in [-0.3, -0.25) is 0 Å². The lowest BCUT2D eigenvalue weighted by Gasteiger charge is -2.40. The van der Waals surface area contributed by atoms with Crippen LogP contribution in [-0.2, 0) is 0 Å². The van der Waals surface area contributed by atoms with E-state index in [-0.39, 0.29) is 11.7 Å². The molecule has 25 heavy (non-hydrogen) atoms. The van der Waals surface area contributed by atoms with E-state index in [1.165, 1.54) is 25.7 Å². The van der Waals surface area contributed by atoms with Crippen molar-refractivity contribution < 1.29 is 13.5 Å². The number of benzene rings is 1. The molecule has 0 amide bonds. The number of hydrogen-bond donors (Lipinski definition) is 0. The van der Waals surface area contributed by atoms with Gasteiger partial charge in [0.25, 0.3) is 0 Å². The summed E-state index contributed by atoms with van der Waals surface area (Å²) in [6, 6.07) is 3.32. The van der Waals surface area contributed by atoms with Gasteiger partial charge in [-0.05, 0) is 93.1 Å². The molecule has 2 fully saturated rings. The molecule has 3 heteroatoms. The minimum atomic E-state index is -0.823. The van der Waals surface area contributed by atoms with Gasteiger partial charge in [0, 0.05) is 0 Å². The molecule has 0 radical (unpaired) electrons. The minimum Gasteiger partial charge on any atom is -0.491 e. The molecule has 3 rings (SSSR count). The first-order valence-corrected chi connectivity index (χ1v) is 10.0. The summed E-state index contributed by atoms with van der Waals surface area (Å²) in [5.74, 6) is 0.285. The second-order valence-electron chi connectivity index (χ2n) is 8.83. The van der Waals surface area contributed by atoms with Gasteiger partial charge in [-0.1, -0.05) is 19.9 Å². The first-order valence-electron chi connectivity index (χ1n) is 10.0. The Morgan fingerprint density at radius 2 is 1.52 bits per heavy atom. The Hall–Kier alpha value is -1.12. The largest absolute Gasteiger partial charge is 0.491 e. The average molecular weight is 350 g/mol. The van der Waals surface area contributed by atoms with Crippen LogP contribution >= 0.6 is 0 Å². The zero-order valence-electron chi connectivity index (χ0n) is 15.9. The summed E-state index contributed by atoms with van der Waals surface area (Å²) in [4.78, 5) is 0. The van der Waals surface area contributed by atoms with E-state index in [4.69, 9.17) is 4.74 Å². The lowest BCUT2D eigenvalue weighted by Crippen LogP contribution is -2.28. The van der Waals surface area contributed by atoms with E-state index in [0.717, 1.165) is 37.5 Å². The van der Waals surface area contributed by atoms with Gasteiger partial charge >= 0.3 is 0 Å². The summed E-state index contributed by atoms with van der Waals surface area (Å²) in [6.45, 7) is 6.88. The predicted octanol–water partition coefficient (Wildman–Crippen LogP) is 6.85. The third-order valence-electron chi connectivity index (χ3n) is 6.64. The van der Waals surface area contributed by atoms with Gasteiger partial charge in [0.15, 0.2) is 11.6 Å². The highest BCUT2D eigenvalue weighted by molar-refractivity contribution is 5.33. The van der Waals surface area contributed by atoms with Crippen LogP contribution in [0, 0.1) is 28.9 Å². The van der Waals surface area contributed by atoms with Gasteiger partial charge in [-0.2, -0.15) is 4.39 Å². The number of hydrogen-bond acceptors (Lipinski definition) is 1. The molecule has 0 spiro atoms. The van der Waals surface area contributed by atoms with Crippen LogP contribution in [0.25, 0.3) is 0 Å². The van der Waals surface area contributed by atoms with Gasteiger partial charge in [0.05, 0.1) is 6.61 Å². The molecule has 0 saturated heterocycles. The highest BCUT2D eigenvalue weighted by atomic mass is 19.2. The summed E-state index contributed by atoms with van der Waals surface area (Å²) < 4.78 is 33.8. The average Bonchev–Trinajstić information content (AvgIpc) is 2.60. The van der Waals surface area contributed by atoms with Gasteiger partial charge in [-0.25, -0.2) is 4.39 Å². The van der Waals surface area contributed by atoms with Crippen LogP contribution in [0.15, 0.2) is 12.1 Å². The monoisotopic (exact) mass is 350 g/mol. The summed E-state index contributed by atoms with van der Waals surface area (Å²) in [7, 11) is 0. The molecule has 0 aromatic heterocycles. The Morgan fingerprint density at radius 3 is 2.12 bits per heavy atom. The standard InChI is InChI=1S/C22H32F2O/c1-4-25-19-10-9-18(20(23)21(19)24)17-7-5-15(6-8-17)16-11-13-22(2,3)14-12-16/h9-10,15-17H,4-8,11-14H2,1-3H3. The Bertz CT molecular complexity index is 578. The SMILES string of the molecule is CCOc1ccc(C2CCC(C3CCC(C)(C)CC3)CC2)c(F)c1F. The highest BCUT2D eigenvalue weighted by Crippen LogP contribution is 2.47. The Kier molecular flexibility index (Phi) is 5.70. The maximum Gasteiger partial charge on any atom is 0.200 e. The molecule has 2 saturated carbocycles. The third-order valence-corrected chi connectivity index (χ3v) is 6.64. The Morgan fingerprint density at radius 1 is 0.920 bits per heavy atom. The molecule has 0 N–H and O–H groups in total. The first-order chi connectivity index (χ1) is 11.9. The number of halogens is 2. The van der Waals surface area contributed by atoms with E-state index < -0.39 is 11.6 Å². The summed E-state index contributed by atoms with van der Waals surface area (Å²) in [5.41, 5.74) is 1.06. The summed E-state index contributed by atoms with van der Waals surface area (Å²) in [6.07, 6.45) is 9.62. The quantitative estimate of drug-likeness (QED) is 0.577. The van der Waals surface area contributed by atoms with Gasteiger partial charge in [-0.15, -0.1) is 0 Å². The van der Waals surface area contributed by atoms with E-state index in [0.29, 0.717) is 17.6 Å². The molecule has 0 atom stereocenters. The van der Waals surface area contributed by atoms with E-state index in [9.17, 15) is 8.78 Å². The second-order valence-corrected chi connectivity index (χ2v) is 8.83. The maximum absolute atomic E-state index is 14.5. The smallest absolute Gasteiger partial charge is 0.200 e. The van der Waals surface area contributed by atoms with Gasteiger partial charge < -0.3 is 4.74 Å². The fraction of sp³-hybridized carbons (Fsp3) is 0.727. The molecule has 0 bridgehead atoms. The van der Waals surface area contributed by atoms with Crippen LogP contribution < -0.4 is 4.74 Å². The molecular weight excluding hydrogens is 318 g/mol. The van der Waals surface area contributed by atoms with Crippen LogP contribution in [0.3, 0.4) is 0 Å². The van der Waals surface area contributed by atoms with E-state index in [2.05, 4.69) is 13.8 Å².